The molecule has 0 saturated heterocycles. The van der Waals surface area contributed by atoms with Crippen molar-refractivity contribution in [2.75, 3.05) is 0 Å². The molecule has 0 heterocycles. The minimum atomic E-state index is -1.43. The predicted octanol–water partition coefficient (Wildman–Crippen LogP) is 2.07. The van der Waals surface area contributed by atoms with E-state index in [9.17, 15) is 9.59 Å². The molecule has 0 aliphatic rings. The lowest BCUT2D eigenvalue weighted by Gasteiger charge is -2.18. The molecule has 5 heteroatoms. The number of carboxylic acids is 1. The minimum absolute atomic E-state index is 0.260. The summed E-state index contributed by atoms with van der Waals surface area (Å²) in [5, 5.41) is 12.0. The van der Waals surface area contributed by atoms with E-state index in [2.05, 4.69) is 5.32 Å². The minimum Gasteiger partial charge on any atom is -0.480 e. The molecular weight excluding hydrogens is 242 g/mol. The second kappa shape index (κ2) is 5.19. The highest BCUT2D eigenvalue weighted by molar-refractivity contribution is 6.30. The number of benzene rings is 1. The van der Waals surface area contributed by atoms with E-state index in [4.69, 9.17) is 16.7 Å². The van der Waals surface area contributed by atoms with Crippen LogP contribution in [0.4, 0.5) is 0 Å². The Labute approximate surface area is 105 Å². The van der Waals surface area contributed by atoms with E-state index in [0.29, 0.717) is 5.02 Å². The summed E-state index contributed by atoms with van der Waals surface area (Å²) in [6.45, 7) is 2.99. The number of carbonyl (C=O) groups is 2. The Morgan fingerprint density at radius 1 is 1.41 bits per heavy atom. The van der Waals surface area contributed by atoms with E-state index < -0.39 is 17.3 Å². The maximum atomic E-state index is 11.6. The van der Waals surface area contributed by atoms with Crippen molar-refractivity contribution in [3.8, 4) is 0 Å². The van der Waals surface area contributed by atoms with Crippen molar-refractivity contribution in [2.45, 2.75) is 20.4 Å². The summed E-state index contributed by atoms with van der Waals surface area (Å²) in [6.07, 6.45) is 0. The molecule has 17 heavy (non-hydrogen) atoms. The van der Waals surface area contributed by atoms with Gasteiger partial charge in [-0.05, 0) is 31.5 Å². The number of nitrogens with one attached hydrogen (secondary N) is 1. The number of hydrogen-bond donors (Lipinski definition) is 2. The molecule has 0 unspecified atom stereocenters. The van der Waals surface area contributed by atoms with E-state index in [-0.39, 0.29) is 6.54 Å². The summed E-state index contributed by atoms with van der Waals surface area (Å²) >= 11 is 5.79. The van der Waals surface area contributed by atoms with Gasteiger partial charge in [0.2, 0.25) is 5.91 Å². The van der Waals surface area contributed by atoms with Gasteiger partial charge in [-0.2, -0.15) is 0 Å². The maximum Gasteiger partial charge on any atom is 0.318 e. The van der Waals surface area contributed by atoms with Crippen molar-refractivity contribution < 1.29 is 14.7 Å². The number of aliphatic carboxylic acids is 1. The van der Waals surface area contributed by atoms with E-state index >= 15 is 0 Å². The zero-order valence-electron chi connectivity index (χ0n) is 9.66. The van der Waals surface area contributed by atoms with Crippen molar-refractivity contribution in [2.24, 2.45) is 5.41 Å². The number of rotatable bonds is 4. The Balaban J connectivity index is 2.63. The lowest BCUT2D eigenvalue weighted by Crippen LogP contribution is -2.41. The average Bonchev–Trinajstić information content (AvgIpc) is 2.25. The van der Waals surface area contributed by atoms with Crippen molar-refractivity contribution >= 4 is 23.5 Å². The first kappa shape index (κ1) is 13.5. The normalized spacial score (nSPS) is 11.0. The molecule has 1 aromatic rings. The van der Waals surface area contributed by atoms with Gasteiger partial charge in [0, 0.05) is 11.6 Å². The molecule has 0 saturated carbocycles. The van der Waals surface area contributed by atoms with Gasteiger partial charge < -0.3 is 10.4 Å². The Kier molecular flexibility index (Phi) is 4.12. The van der Waals surface area contributed by atoms with Gasteiger partial charge in [0.05, 0.1) is 0 Å². The first-order valence-electron chi connectivity index (χ1n) is 5.10. The standard InChI is InChI=1S/C12H14ClNO3/c1-12(2,11(16)17)10(15)14-7-8-4-3-5-9(13)6-8/h3-6H,7H2,1-2H3,(H,14,15)(H,16,17). The number of carboxylic acid groups (broad SMARTS) is 1. The topological polar surface area (TPSA) is 66.4 Å². The Hall–Kier alpha value is -1.55. The number of hydrogen-bond acceptors (Lipinski definition) is 2. The quantitative estimate of drug-likeness (QED) is 0.810. The SMILES string of the molecule is CC(C)(C(=O)O)C(=O)NCc1cccc(Cl)c1. The van der Waals surface area contributed by atoms with Crippen LogP contribution in [0.25, 0.3) is 0 Å². The molecule has 0 radical (unpaired) electrons. The van der Waals surface area contributed by atoms with Crippen molar-refractivity contribution in [1.82, 2.24) is 5.32 Å². The summed E-state index contributed by atoms with van der Waals surface area (Å²) in [5.41, 5.74) is -0.606. The van der Waals surface area contributed by atoms with Gasteiger partial charge in [0.15, 0.2) is 0 Å². The highest BCUT2D eigenvalue weighted by Crippen LogP contribution is 2.16. The van der Waals surface area contributed by atoms with E-state index in [1.54, 1.807) is 24.3 Å². The molecule has 0 aromatic heterocycles. The van der Waals surface area contributed by atoms with Crippen LogP contribution in [0.1, 0.15) is 19.4 Å². The predicted molar refractivity (Wildman–Crippen MR) is 64.7 cm³/mol. The molecule has 0 bridgehead atoms. The Bertz CT molecular complexity index is 443. The fourth-order valence-electron chi connectivity index (χ4n) is 1.15. The zero-order chi connectivity index (χ0) is 13.1. The summed E-state index contributed by atoms with van der Waals surface area (Å²) in [7, 11) is 0. The molecule has 0 aliphatic carbocycles. The van der Waals surface area contributed by atoms with Gasteiger partial charge in [-0.25, -0.2) is 0 Å². The van der Waals surface area contributed by atoms with Crippen LogP contribution in [0.5, 0.6) is 0 Å². The molecule has 1 amide bonds. The van der Waals surface area contributed by atoms with E-state index in [0.717, 1.165) is 5.56 Å². The Morgan fingerprint density at radius 3 is 2.59 bits per heavy atom. The highest BCUT2D eigenvalue weighted by atomic mass is 35.5. The highest BCUT2D eigenvalue weighted by Gasteiger charge is 2.35. The van der Waals surface area contributed by atoms with Crippen molar-refractivity contribution in [3.63, 3.8) is 0 Å². The lowest BCUT2D eigenvalue weighted by atomic mass is 9.92. The first-order chi connectivity index (χ1) is 7.84. The van der Waals surface area contributed by atoms with Gasteiger partial charge in [-0.3, -0.25) is 9.59 Å². The molecular formula is C12H14ClNO3. The smallest absolute Gasteiger partial charge is 0.318 e. The molecule has 1 aromatic carbocycles. The Morgan fingerprint density at radius 2 is 2.06 bits per heavy atom. The van der Waals surface area contributed by atoms with Crippen LogP contribution in [-0.4, -0.2) is 17.0 Å². The third-order valence-electron chi connectivity index (χ3n) is 2.44. The third-order valence-corrected chi connectivity index (χ3v) is 2.68. The molecule has 0 fully saturated rings. The molecule has 0 spiro atoms. The number of carbonyl (C=O) groups excluding carboxylic acids is 1. The lowest BCUT2D eigenvalue weighted by molar-refractivity contribution is -0.153. The van der Waals surface area contributed by atoms with Gasteiger partial charge >= 0.3 is 5.97 Å². The van der Waals surface area contributed by atoms with Gasteiger partial charge in [0.25, 0.3) is 0 Å². The largest absolute Gasteiger partial charge is 0.480 e. The van der Waals surface area contributed by atoms with Crippen LogP contribution in [0.3, 0.4) is 0 Å². The van der Waals surface area contributed by atoms with Crippen molar-refractivity contribution in [3.05, 3.63) is 34.9 Å². The van der Waals surface area contributed by atoms with Crippen LogP contribution in [0.2, 0.25) is 5.02 Å². The molecule has 2 N–H and O–H groups in total. The van der Waals surface area contributed by atoms with Crippen LogP contribution in [0.15, 0.2) is 24.3 Å². The second-order valence-electron chi connectivity index (χ2n) is 4.24. The van der Waals surface area contributed by atoms with Gasteiger partial charge in [-0.15, -0.1) is 0 Å². The summed E-state index contributed by atoms with van der Waals surface area (Å²) in [6, 6.07) is 7.02. The zero-order valence-corrected chi connectivity index (χ0v) is 10.4. The van der Waals surface area contributed by atoms with Gasteiger partial charge in [0.1, 0.15) is 5.41 Å². The fraction of sp³-hybridized carbons (Fsp3) is 0.333. The van der Waals surface area contributed by atoms with Crippen molar-refractivity contribution in [1.29, 1.82) is 0 Å². The number of halogens is 1. The monoisotopic (exact) mass is 255 g/mol. The molecule has 92 valence electrons. The van der Waals surface area contributed by atoms with Crippen LogP contribution in [0, 0.1) is 5.41 Å². The molecule has 0 aliphatic heterocycles. The summed E-state index contributed by atoms with van der Waals surface area (Å²) in [4.78, 5) is 22.5. The second-order valence-corrected chi connectivity index (χ2v) is 4.68. The fourth-order valence-corrected chi connectivity index (χ4v) is 1.36. The van der Waals surface area contributed by atoms with Crippen LogP contribution in [-0.2, 0) is 16.1 Å². The van der Waals surface area contributed by atoms with Crippen LogP contribution >= 0.6 is 11.6 Å². The van der Waals surface area contributed by atoms with Crippen LogP contribution < -0.4 is 5.32 Å². The van der Waals surface area contributed by atoms with E-state index in [1.165, 1.54) is 13.8 Å². The third kappa shape index (κ3) is 3.46. The number of amides is 1. The van der Waals surface area contributed by atoms with Gasteiger partial charge in [-0.1, -0.05) is 23.7 Å². The molecule has 4 nitrogen and oxygen atoms in total. The van der Waals surface area contributed by atoms with E-state index in [1.807, 2.05) is 0 Å². The average molecular weight is 256 g/mol. The summed E-state index contributed by atoms with van der Waals surface area (Å²) < 4.78 is 0. The molecule has 0 atom stereocenters. The first-order valence-corrected chi connectivity index (χ1v) is 5.48. The molecule has 1 rings (SSSR count). The maximum absolute atomic E-state index is 11.6. The summed E-state index contributed by atoms with van der Waals surface area (Å²) in [5.74, 6) is -1.67.